The molecule has 0 saturated carbocycles. The molecule has 5 heteroatoms. The molecule has 3 atom stereocenters. The quantitative estimate of drug-likeness (QED) is 0.706. The van der Waals surface area contributed by atoms with Gasteiger partial charge in [-0.25, -0.2) is 0 Å². The summed E-state index contributed by atoms with van der Waals surface area (Å²) in [5.41, 5.74) is 0. The largest absolute Gasteiger partial charge is 0.466 e. The van der Waals surface area contributed by atoms with Crippen LogP contribution in [-0.4, -0.2) is 48.7 Å². The van der Waals surface area contributed by atoms with Gasteiger partial charge in [0.05, 0.1) is 19.6 Å². The van der Waals surface area contributed by atoms with Gasteiger partial charge in [0, 0.05) is 18.5 Å². The number of ether oxygens (including phenoxy) is 2. The maximum absolute atomic E-state index is 11.8. The van der Waals surface area contributed by atoms with Crippen LogP contribution in [-0.2, 0) is 19.1 Å². The Hall–Kier alpha value is -1.10. The number of piperidine rings is 2. The summed E-state index contributed by atoms with van der Waals surface area (Å²) in [4.78, 5) is 26.1. The molecule has 2 saturated heterocycles. The molecule has 2 rings (SSSR count). The number of esters is 2. The zero-order valence-electron chi connectivity index (χ0n) is 13.9. The highest BCUT2D eigenvalue weighted by molar-refractivity contribution is 5.70. The van der Waals surface area contributed by atoms with E-state index in [1.54, 1.807) is 0 Å². The molecule has 2 aliphatic heterocycles. The molecule has 0 aromatic rings. The van der Waals surface area contributed by atoms with Gasteiger partial charge in [-0.15, -0.1) is 0 Å². The van der Waals surface area contributed by atoms with Gasteiger partial charge in [-0.3, -0.25) is 14.5 Å². The SMILES string of the molecule is CCOC(=O)C[C@H]1CC[C@H](CC(=O)OCC)N2CCCCC12. The Labute approximate surface area is 133 Å². The molecule has 2 aliphatic rings. The van der Waals surface area contributed by atoms with Crippen molar-refractivity contribution in [2.75, 3.05) is 19.8 Å². The van der Waals surface area contributed by atoms with Gasteiger partial charge in [-0.1, -0.05) is 6.42 Å². The first-order valence-electron chi connectivity index (χ1n) is 8.72. The molecule has 5 nitrogen and oxygen atoms in total. The molecule has 0 N–H and O–H groups in total. The summed E-state index contributed by atoms with van der Waals surface area (Å²) in [6.07, 6.45) is 6.50. The van der Waals surface area contributed by atoms with E-state index in [0.717, 1.165) is 25.8 Å². The van der Waals surface area contributed by atoms with Crippen LogP contribution in [0.15, 0.2) is 0 Å². The van der Waals surface area contributed by atoms with Crippen LogP contribution in [0.2, 0.25) is 0 Å². The van der Waals surface area contributed by atoms with Crippen LogP contribution in [0.3, 0.4) is 0 Å². The molecular weight excluding hydrogens is 282 g/mol. The van der Waals surface area contributed by atoms with E-state index in [1.165, 1.54) is 12.8 Å². The topological polar surface area (TPSA) is 55.8 Å². The van der Waals surface area contributed by atoms with Crippen molar-refractivity contribution in [3.05, 3.63) is 0 Å². The van der Waals surface area contributed by atoms with E-state index in [-0.39, 0.29) is 18.0 Å². The molecule has 2 fully saturated rings. The van der Waals surface area contributed by atoms with Crippen LogP contribution in [0.25, 0.3) is 0 Å². The zero-order chi connectivity index (χ0) is 15.9. The maximum atomic E-state index is 11.8. The van der Waals surface area contributed by atoms with E-state index in [4.69, 9.17) is 9.47 Å². The zero-order valence-corrected chi connectivity index (χ0v) is 13.9. The highest BCUT2D eigenvalue weighted by Gasteiger charge is 2.40. The average molecular weight is 311 g/mol. The molecule has 0 radical (unpaired) electrons. The minimum absolute atomic E-state index is 0.0816. The Bertz CT molecular complexity index is 349. The number of carbonyl (C=O) groups is 2. The number of hydrogen-bond acceptors (Lipinski definition) is 5. The average Bonchev–Trinajstić information content (AvgIpc) is 2.50. The minimum atomic E-state index is -0.0966. The monoisotopic (exact) mass is 311 g/mol. The lowest BCUT2D eigenvalue weighted by Gasteiger charge is -2.48. The molecular formula is C17H29NO4. The van der Waals surface area contributed by atoms with Gasteiger partial charge in [0.1, 0.15) is 0 Å². The van der Waals surface area contributed by atoms with Crippen LogP contribution in [0.5, 0.6) is 0 Å². The van der Waals surface area contributed by atoms with Gasteiger partial charge in [0.2, 0.25) is 0 Å². The van der Waals surface area contributed by atoms with Gasteiger partial charge in [0.25, 0.3) is 0 Å². The predicted octanol–water partition coefficient (Wildman–Crippen LogP) is 2.53. The first-order chi connectivity index (χ1) is 10.7. The summed E-state index contributed by atoms with van der Waals surface area (Å²) in [5.74, 6) is 0.195. The van der Waals surface area contributed by atoms with E-state index in [9.17, 15) is 9.59 Å². The lowest BCUT2D eigenvalue weighted by Crippen LogP contribution is -2.54. The fourth-order valence-electron chi connectivity index (χ4n) is 4.01. The molecule has 2 heterocycles. The lowest BCUT2D eigenvalue weighted by atomic mass is 9.78. The summed E-state index contributed by atoms with van der Waals surface area (Å²) in [7, 11) is 0. The second kappa shape index (κ2) is 8.51. The van der Waals surface area contributed by atoms with Crippen molar-refractivity contribution in [3.8, 4) is 0 Å². The summed E-state index contributed by atoms with van der Waals surface area (Å²) < 4.78 is 10.2. The van der Waals surface area contributed by atoms with Crippen molar-refractivity contribution in [1.29, 1.82) is 0 Å². The van der Waals surface area contributed by atoms with E-state index in [2.05, 4.69) is 4.90 Å². The van der Waals surface area contributed by atoms with Gasteiger partial charge in [-0.2, -0.15) is 0 Å². The predicted molar refractivity (Wildman–Crippen MR) is 83.4 cm³/mol. The Balaban J connectivity index is 1.96. The second-order valence-corrected chi connectivity index (χ2v) is 6.31. The van der Waals surface area contributed by atoms with Crippen molar-refractivity contribution >= 4 is 11.9 Å². The third-order valence-electron chi connectivity index (χ3n) is 4.92. The maximum Gasteiger partial charge on any atom is 0.307 e. The number of fused-ring (bicyclic) bond motifs is 1. The highest BCUT2D eigenvalue weighted by Crippen LogP contribution is 2.37. The number of nitrogens with zero attached hydrogens (tertiary/aromatic N) is 1. The standard InChI is InChI=1S/C17H29NO4/c1-3-21-16(19)11-13-8-9-14(12-17(20)22-4-2)18-10-6-5-7-15(13)18/h13-15H,3-12H2,1-2H3/t13-,14-,15?/m1/s1. The Kier molecular flexibility index (Phi) is 6.68. The summed E-state index contributed by atoms with van der Waals surface area (Å²) in [5, 5.41) is 0. The van der Waals surface area contributed by atoms with Gasteiger partial charge < -0.3 is 9.47 Å². The third kappa shape index (κ3) is 4.45. The molecule has 0 aliphatic carbocycles. The van der Waals surface area contributed by atoms with Gasteiger partial charge >= 0.3 is 11.9 Å². The molecule has 126 valence electrons. The van der Waals surface area contributed by atoms with E-state index in [0.29, 0.717) is 38.0 Å². The second-order valence-electron chi connectivity index (χ2n) is 6.31. The third-order valence-corrected chi connectivity index (χ3v) is 4.92. The fraction of sp³-hybridized carbons (Fsp3) is 0.882. The van der Waals surface area contributed by atoms with Crippen molar-refractivity contribution in [2.24, 2.45) is 5.92 Å². The van der Waals surface area contributed by atoms with Crippen LogP contribution in [0, 0.1) is 5.92 Å². The molecule has 1 unspecified atom stereocenters. The molecule has 0 spiro atoms. The van der Waals surface area contributed by atoms with E-state index < -0.39 is 0 Å². The number of hydrogen-bond donors (Lipinski definition) is 0. The Morgan fingerprint density at radius 3 is 2.32 bits per heavy atom. The minimum Gasteiger partial charge on any atom is -0.466 e. The normalized spacial score (nSPS) is 28.7. The van der Waals surface area contributed by atoms with E-state index >= 15 is 0 Å². The van der Waals surface area contributed by atoms with Crippen molar-refractivity contribution < 1.29 is 19.1 Å². The first kappa shape index (κ1) is 17.3. The summed E-state index contributed by atoms with van der Waals surface area (Å²) >= 11 is 0. The molecule has 0 aromatic carbocycles. The van der Waals surface area contributed by atoms with Crippen molar-refractivity contribution in [1.82, 2.24) is 4.90 Å². The van der Waals surface area contributed by atoms with E-state index in [1.807, 2.05) is 13.8 Å². The molecule has 0 amide bonds. The van der Waals surface area contributed by atoms with Gasteiger partial charge in [-0.05, 0) is 52.0 Å². The smallest absolute Gasteiger partial charge is 0.307 e. The molecule has 22 heavy (non-hydrogen) atoms. The Morgan fingerprint density at radius 1 is 0.955 bits per heavy atom. The van der Waals surface area contributed by atoms with Crippen molar-refractivity contribution in [3.63, 3.8) is 0 Å². The van der Waals surface area contributed by atoms with Crippen LogP contribution < -0.4 is 0 Å². The van der Waals surface area contributed by atoms with Crippen LogP contribution in [0.4, 0.5) is 0 Å². The van der Waals surface area contributed by atoms with Crippen LogP contribution >= 0.6 is 0 Å². The summed E-state index contributed by atoms with van der Waals surface area (Å²) in [6.45, 7) is 5.62. The number of carbonyl (C=O) groups excluding carboxylic acids is 2. The first-order valence-corrected chi connectivity index (χ1v) is 8.72. The van der Waals surface area contributed by atoms with Gasteiger partial charge in [0.15, 0.2) is 0 Å². The molecule has 0 bridgehead atoms. The fourth-order valence-corrected chi connectivity index (χ4v) is 4.01. The lowest BCUT2D eigenvalue weighted by molar-refractivity contribution is -0.149. The van der Waals surface area contributed by atoms with Crippen molar-refractivity contribution in [2.45, 2.75) is 70.9 Å². The number of rotatable bonds is 6. The Morgan fingerprint density at radius 2 is 1.64 bits per heavy atom. The summed E-state index contributed by atoms with van der Waals surface area (Å²) in [6, 6.07) is 0.703. The highest BCUT2D eigenvalue weighted by atomic mass is 16.5. The molecule has 0 aromatic heterocycles. The van der Waals surface area contributed by atoms with Crippen LogP contribution in [0.1, 0.15) is 58.8 Å².